The fraction of sp³-hybridized carbons (Fsp3) is 0.250. The summed E-state index contributed by atoms with van der Waals surface area (Å²) in [7, 11) is 0. The Morgan fingerprint density at radius 1 is 1.19 bits per heavy atom. The minimum Gasteiger partial charge on any atom is -0.481 e. The van der Waals surface area contributed by atoms with Crippen molar-refractivity contribution in [3.8, 4) is 11.1 Å². The lowest BCUT2D eigenvalue weighted by molar-refractivity contribution is -0.140. The van der Waals surface area contributed by atoms with Gasteiger partial charge >= 0.3 is 12.1 Å². The third kappa shape index (κ3) is 4.37. The highest BCUT2D eigenvalue weighted by Crippen LogP contribution is 2.40. The first-order valence-electron chi connectivity index (χ1n) is 9.94. The Hall–Kier alpha value is -2.87. The number of nitrogens with zero attached hydrogens (tertiary/aromatic N) is 1. The molecule has 8 heteroatoms. The highest BCUT2D eigenvalue weighted by Gasteiger charge is 2.35. The van der Waals surface area contributed by atoms with Crippen LogP contribution in [-0.4, -0.2) is 16.1 Å². The first kappa shape index (κ1) is 22.3. The van der Waals surface area contributed by atoms with E-state index in [4.69, 9.17) is 0 Å². The van der Waals surface area contributed by atoms with Crippen LogP contribution in [-0.2, 0) is 23.1 Å². The summed E-state index contributed by atoms with van der Waals surface area (Å²) in [5.41, 5.74) is 1.39. The summed E-state index contributed by atoms with van der Waals surface area (Å²) in [4.78, 5) is 15.8. The second-order valence-electron chi connectivity index (χ2n) is 7.86. The number of hydrogen-bond acceptors (Lipinski definition) is 3. The van der Waals surface area contributed by atoms with Crippen molar-refractivity contribution in [2.45, 2.75) is 36.2 Å². The lowest BCUT2D eigenvalue weighted by Gasteiger charge is -2.14. The molecule has 3 nitrogen and oxygen atoms in total. The highest BCUT2D eigenvalue weighted by atomic mass is 32.2. The van der Waals surface area contributed by atoms with Crippen molar-refractivity contribution in [1.29, 1.82) is 0 Å². The zero-order chi connectivity index (χ0) is 23.0. The van der Waals surface area contributed by atoms with E-state index in [2.05, 4.69) is 4.98 Å². The van der Waals surface area contributed by atoms with E-state index in [0.29, 0.717) is 17.0 Å². The minimum absolute atomic E-state index is 0.00407. The first-order valence-corrected chi connectivity index (χ1v) is 10.9. The normalized spacial score (nSPS) is 17.9. The van der Waals surface area contributed by atoms with E-state index in [1.54, 1.807) is 6.20 Å². The van der Waals surface area contributed by atoms with Crippen molar-refractivity contribution < 1.29 is 27.5 Å². The zero-order valence-electron chi connectivity index (χ0n) is 17.0. The van der Waals surface area contributed by atoms with Gasteiger partial charge in [0.05, 0.1) is 16.5 Å². The maximum Gasteiger partial charge on any atom is 0.417 e. The van der Waals surface area contributed by atoms with Crippen LogP contribution < -0.4 is 0 Å². The van der Waals surface area contributed by atoms with Gasteiger partial charge in [-0.15, -0.1) is 11.8 Å². The quantitative estimate of drug-likeness (QED) is 0.345. The number of thioether (sulfide) groups is 1. The van der Waals surface area contributed by atoms with Gasteiger partial charge in [-0.05, 0) is 64.4 Å². The van der Waals surface area contributed by atoms with E-state index in [0.717, 1.165) is 11.6 Å². The Kier molecular flexibility index (Phi) is 5.99. The average molecular weight is 461 g/mol. The number of carboxylic acids is 1. The molecule has 0 fully saturated rings. The maximum absolute atomic E-state index is 14.4. The fourth-order valence-corrected chi connectivity index (χ4v) is 5.03. The molecule has 166 valence electrons. The summed E-state index contributed by atoms with van der Waals surface area (Å²) in [5.74, 6) is -1.83. The Morgan fingerprint density at radius 3 is 2.66 bits per heavy atom. The van der Waals surface area contributed by atoms with Crippen LogP contribution in [0.4, 0.5) is 17.6 Å². The number of rotatable bonds is 5. The van der Waals surface area contributed by atoms with Gasteiger partial charge in [0.15, 0.2) is 0 Å². The number of halogens is 4. The number of pyridine rings is 1. The van der Waals surface area contributed by atoms with Crippen molar-refractivity contribution >= 4 is 17.7 Å². The van der Waals surface area contributed by atoms with Gasteiger partial charge in [-0.25, -0.2) is 9.37 Å². The maximum atomic E-state index is 14.4. The van der Waals surface area contributed by atoms with E-state index in [1.807, 2.05) is 13.0 Å². The van der Waals surface area contributed by atoms with Crippen molar-refractivity contribution in [1.82, 2.24) is 4.98 Å². The van der Waals surface area contributed by atoms with Gasteiger partial charge in [0, 0.05) is 11.9 Å². The molecular weight excluding hydrogens is 442 g/mol. The fourth-order valence-electron chi connectivity index (χ4n) is 4.16. The molecule has 1 aliphatic rings. The third-order valence-corrected chi connectivity index (χ3v) is 6.65. The van der Waals surface area contributed by atoms with Crippen LogP contribution in [0.25, 0.3) is 11.1 Å². The molecule has 1 N–H and O–H groups in total. The topological polar surface area (TPSA) is 50.2 Å². The smallest absolute Gasteiger partial charge is 0.417 e. The minimum atomic E-state index is -4.51. The number of aromatic nitrogens is 1. The molecule has 0 bridgehead atoms. The molecule has 0 saturated heterocycles. The second-order valence-corrected chi connectivity index (χ2v) is 8.85. The molecule has 2 unspecified atom stereocenters. The van der Waals surface area contributed by atoms with Gasteiger partial charge in [-0.3, -0.25) is 4.79 Å². The summed E-state index contributed by atoms with van der Waals surface area (Å²) < 4.78 is 54.5. The van der Waals surface area contributed by atoms with Crippen LogP contribution in [0, 0.1) is 11.7 Å². The van der Waals surface area contributed by atoms with E-state index >= 15 is 0 Å². The van der Waals surface area contributed by atoms with E-state index in [1.165, 1.54) is 48.2 Å². The summed E-state index contributed by atoms with van der Waals surface area (Å²) in [6.07, 6.45) is -2.33. The molecule has 3 aromatic rings. The summed E-state index contributed by atoms with van der Waals surface area (Å²) in [6, 6.07) is 11.0. The lowest BCUT2D eigenvalue weighted by atomic mass is 9.95. The molecule has 2 atom stereocenters. The molecule has 0 spiro atoms. The number of hydrogen-bond donors (Lipinski definition) is 1. The largest absolute Gasteiger partial charge is 0.481 e. The first-order chi connectivity index (χ1) is 15.1. The van der Waals surface area contributed by atoms with Crippen molar-refractivity contribution in [3.63, 3.8) is 0 Å². The summed E-state index contributed by atoms with van der Waals surface area (Å²) in [5, 5.41) is 10.0. The molecule has 1 aliphatic carbocycles. The highest BCUT2D eigenvalue weighted by molar-refractivity contribution is 7.98. The number of carbonyl (C=O) groups is 1. The van der Waals surface area contributed by atoms with Crippen molar-refractivity contribution in [2.24, 2.45) is 5.92 Å². The number of aliphatic carboxylic acids is 1. The zero-order valence-corrected chi connectivity index (χ0v) is 17.8. The second kappa shape index (κ2) is 8.58. The molecular formula is C24H19F4NO2S. The predicted octanol–water partition coefficient (Wildman–Crippen LogP) is 6.56. The van der Waals surface area contributed by atoms with Crippen LogP contribution in [0.3, 0.4) is 0 Å². The van der Waals surface area contributed by atoms with Gasteiger partial charge in [0.2, 0.25) is 0 Å². The molecule has 1 aromatic heterocycles. The lowest BCUT2D eigenvalue weighted by Crippen LogP contribution is -2.14. The van der Waals surface area contributed by atoms with Gasteiger partial charge in [-0.2, -0.15) is 13.2 Å². The van der Waals surface area contributed by atoms with Gasteiger partial charge in [-0.1, -0.05) is 31.2 Å². The Morgan fingerprint density at radius 2 is 1.94 bits per heavy atom. The van der Waals surface area contributed by atoms with Gasteiger partial charge in [0.1, 0.15) is 5.82 Å². The number of benzene rings is 2. The molecule has 1 heterocycles. The van der Waals surface area contributed by atoms with Crippen molar-refractivity contribution in [2.75, 3.05) is 0 Å². The number of fused-ring (bicyclic) bond motifs is 1. The summed E-state index contributed by atoms with van der Waals surface area (Å²) in [6.45, 7) is 1.88. The third-order valence-electron chi connectivity index (χ3n) is 5.68. The predicted molar refractivity (Wildman–Crippen MR) is 114 cm³/mol. The van der Waals surface area contributed by atoms with Crippen LogP contribution in [0.1, 0.15) is 35.1 Å². The Balaban J connectivity index is 1.58. The van der Waals surface area contributed by atoms with E-state index < -0.39 is 29.4 Å². The van der Waals surface area contributed by atoms with E-state index in [-0.39, 0.29) is 28.4 Å². The molecule has 32 heavy (non-hydrogen) atoms. The van der Waals surface area contributed by atoms with Crippen LogP contribution in [0.5, 0.6) is 0 Å². The molecule has 4 rings (SSSR count). The van der Waals surface area contributed by atoms with Gasteiger partial charge < -0.3 is 5.11 Å². The van der Waals surface area contributed by atoms with Crippen LogP contribution in [0.15, 0.2) is 59.8 Å². The SMILES string of the molecule is CC1Cc2cc(SCc3cc(-c4ccccc4C(F)(F)F)ccc3F)ncc2C1C(=O)O. The van der Waals surface area contributed by atoms with Crippen molar-refractivity contribution in [3.05, 3.63) is 82.8 Å². The molecule has 0 saturated carbocycles. The Labute approximate surface area is 186 Å². The molecule has 0 aliphatic heterocycles. The standard InChI is InChI=1S/C24H19F4NO2S/c1-13-8-15-10-21(29-11-18(15)22(13)23(30)31)32-12-16-9-14(6-7-20(16)25)17-4-2-3-5-19(17)24(26,27)28/h2-7,9-11,13,22H,8,12H2,1H3,(H,30,31). The monoisotopic (exact) mass is 461 g/mol. The van der Waals surface area contributed by atoms with Crippen LogP contribution in [0.2, 0.25) is 0 Å². The molecule has 0 amide bonds. The molecule has 2 aromatic carbocycles. The number of carboxylic acid groups (broad SMARTS) is 1. The number of alkyl halides is 3. The average Bonchev–Trinajstić information content (AvgIpc) is 3.07. The van der Waals surface area contributed by atoms with Gasteiger partial charge in [0.25, 0.3) is 0 Å². The molecule has 0 radical (unpaired) electrons. The Bertz CT molecular complexity index is 1180. The summed E-state index contributed by atoms with van der Waals surface area (Å²) >= 11 is 1.26. The van der Waals surface area contributed by atoms with E-state index in [9.17, 15) is 27.5 Å². The van der Waals surface area contributed by atoms with Crippen LogP contribution >= 0.6 is 11.8 Å².